The van der Waals surface area contributed by atoms with Gasteiger partial charge in [-0.2, -0.15) is 0 Å². The average molecular weight is 316 g/mol. The zero-order chi connectivity index (χ0) is 14.6. The first-order chi connectivity index (χ1) is 8.88. The molecule has 1 aromatic rings. The Labute approximate surface area is 117 Å². The summed E-state index contributed by atoms with van der Waals surface area (Å²) >= 11 is 11.7. The van der Waals surface area contributed by atoms with Crippen LogP contribution in [0.15, 0.2) is 12.1 Å². The lowest BCUT2D eigenvalue weighted by Crippen LogP contribution is -2.31. The molecule has 8 heteroatoms. The number of alkyl halides is 3. The summed E-state index contributed by atoms with van der Waals surface area (Å²) < 4.78 is 41.3. The van der Waals surface area contributed by atoms with E-state index in [0.29, 0.717) is 0 Å². The van der Waals surface area contributed by atoms with Crippen molar-refractivity contribution in [1.82, 2.24) is 5.32 Å². The van der Waals surface area contributed by atoms with Crippen LogP contribution in [0.2, 0.25) is 10.0 Å². The third-order valence-electron chi connectivity index (χ3n) is 2.29. The Bertz CT molecular complexity index is 471. The molecule has 1 unspecified atom stereocenters. The van der Waals surface area contributed by atoms with E-state index in [1.807, 2.05) is 5.32 Å². The number of hydrogen-bond acceptors (Lipinski definition) is 3. The van der Waals surface area contributed by atoms with E-state index < -0.39 is 18.7 Å². The first kappa shape index (κ1) is 16.1. The van der Waals surface area contributed by atoms with Crippen molar-refractivity contribution in [3.8, 4) is 0 Å². The molecule has 0 heterocycles. The molecule has 1 aromatic carbocycles. The third-order valence-corrected chi connectivity index (χ3v) is 3.07. The van der Waals surface area contributed by atoms with E-state index in [-0.39, 0.29) is 27.7 Å². The fraction of sp³-hybridized carbons (Fsp3) is 0.364. The smallest absolute Gasteiger partial charge is 0.339 e. The Morgan fingerprint density at radius 2 is 2.00 bits per heavy atom. The number of halogens is 5. The predicted octanol–water partition coefficient (Wildman–Crippen LogP) is 3.43. The van der Waals surface area contributed by atoms with Crippen molar-refractivity contribution < 1.29 is 22.7 Å². The molecule has 0 aromatic heterocycles. The highest BCUT2D eigenvalue weighted by Crippen LogP contribution is 2.29. The summed E-state index contributed by atoms with van der Waals surface area (Å²) in [6.07, 6.45) is -5.67. The van der Waals surface area contributed by atoms with E-state index in [2.05, 4.69) is 4.74 Å². The van der Waals surface area contributed by atoms with Crippen LogP contribution in [0.25, 0.3) is 0 Å². The summed E-state index contributed by atoms with van der Waals surface area (Å²) in [6, 6.07) is 2.69. The monoisotopic (exact) mass is 315 g/mol. The zero-order valence-electron chi connectivity index (χ0n) is 9.72. The maximum absolute atomic E-state index is 12.8. The second kappa shape index (κ2) is 6.98. The number of carbonyl (C=O) groups is 1. The Morgan fingerprint density at radius 3 is 2.53 bits per heavy atom. The number of ether oxygens (including phenoxy) is 1. The topological polar surface area (TPSA) is 38.3 Å². The first-order valence-electron chi connectivity index (χ1n) is 5.09. The van der Waals surface area contributed by atoms with Crippen molar-refractivity contribution in [2.45, 2.75) is 19.3 Å². The lowest BCUT2D eigenvalue weighted by atomic mass is 10.1. The molecule has 0 spiro atoms. The van der Waals surface area contributed by atoms with Crippen molar-refractivity contribution in [3.05, 3.63) is 33.3 Å². The molecule has 0 saturated carbocycles. The van der Waals surface area contributed by atoms with Gasteiger partial charge in [0.25, 0.3) is 6.43 Å². The number of hydrogen-bond donors (Lipinski definition) is 1. The van der Waals surface area contributed by atoms with Crippen LogP contribution in [-0.4, -0.2) is 25.8 Å². The Hall–Kier alpha value is -0.980. The van der Waals surface area contributed by atoms with Gasteiger partial charge in [-0.3, -0.25) is 5.32 Å². The number of rotatable bonds is 5. The molecule has 0 radical (unpaired) electrons. The van der Waals surface area contributed by atoms with Gasteiger partial charge in [0.2, 0.25) is 6.30 Å². The molecular formula is C11H10Cl2F3NO2. The summed E-state index contributed by atoms with van der Waals surface area (Å²) in [6.45, 7) is -0.339. The van der Waals surface area contributed by atoms with Crippen LogP contribution in [0.3, 0.4) is 0 Å². The molecule has 1 rings (SSSR count). The lowest BCUT2D eigenvalue weighted by molar-refractivity contribution is 0.0298. The zero-order valence-corrected chi connectivity index (χ0v) is 11.2. The minimum atomic E-state index is -3.17. The highest BCUT2D eigenvalue weighted by molar-refractivity contribution is 6.37. The van der Waals surface area contributed by atoms with Crippen LogP contribution in [0, 0.1) is 0 Å². The fourth-order valence-corrected chi connectivity index (χ4v) is 1.90. The third kappa shape index (κ3) is 3.99. The van der Waals surface area contributed by atoms with Gasteiger partial charge < -0.3 is 4.74 Å². The largest absolute Gasteiger partial charge is 0.465 e. The number of benzene rings is 1. The molecule has 1 atom stereocenters. The molecule has 19 heavy (non-hydrogen) atoms. The number of esters is 1. The number of methoxy groups -OCH3 is 1. The minimum Gasteiger partial charge on any atom is -0.465 e. The maximum atomic E-state index is 12.8. The maximum Gasteiger partial charge on any atom is 0.339 e. The summed E-state index contributed by atoms with van der Waals surface area (Å²) in [5.41, 5.74) is 0.173. The molecule has 0 amide bonds. The fourth-order valence-electron chi connectivity index (χ4n) is 1.32. The summed E-state index contributed by atoms with van der Waals surface area (Å²) in [4.78, 5) is 11.4. The highest BCUT2D eigenvalue weighted by atomic mass is 35.5. The van der Waals surface area contributed by atoms with Gasteiger partial charge in [-0.1, -0.05) is 23.2 Å². The Kier molecular flexibility index (Phi) is 5.90. The molecule has 0 bridgehead atoms. The van der Waals surface area contributed by atoms with Crippen LogP contribution in [0.5, 0.6) is 0 Å². The normalized spacial score (nSPS) is 12.6. The molecule has 106 valence electrons. The second-order valence-corrected chi connectivity index (χ2v) is 4.28. The number of carbonyl (C=O) groups excluding carboxylic acids is 1. The van der Waals surface area contributed by atoms with Crippen molar-refractivity contribution in [2.24, 2.45) is 0 Å². The average Bonchev–Trinajstić information content (AvgIpc) is 2.37. The summed E-state index contributed by atoms with van der Waals surface area (Å²) in [5, 5.41) is 2.00. The molecule has 0 saturated heterocycles. The molecule has 1 N–H and O–H groups in total. The molecular weight excluding hydrogens is 306 g/mol. The number of nitrogens with one attached hydrogen (secondary N) is 1. The molecule has 0 aliphatic carbocycles. The minimum absolute atomic E-state index is 0.0258. The molecule has 0 aliphatic rings. The van der Waals surface area contributed by atoms with Crippen LogP contribution in [-0.2, 0) is 11.3 Å². The van der Waals surface area contributed by atoms with E-state index in [1.54, 1.807) is 0 Å². The van der Waals surface area contributed by atoms with Crippen LogP contribution in [0.4, 0.5) is 13.2 Å². The van der Waals surface area contributed by atoms with Gasteiger partial charge in [0, 0.05) is 17.1 Å². The van der Waals surface area contributed by atoms with Crippen LogP contribution < -0.4 is 5.32 Å². The van der Waals surface area contributed by atoms with Crippen LogP contribution >= 0.6 is 23.2 Å². The van der Waals surface area contributed by atoms with E-state index in [1.165, 1.54) is 19.2 Å². The van der Waals surface area contributed by atoms with Crippen molar-refractivity contribution in [1.29, 1.82) is 0 Å². The van der Waals surface area contributed by atoms with Gasteiger partial charge in [-0.05, 0) is 12.1 Å². The van der Waals surface area contributed by atoms with Gasteiger partial charge in [-0.15, -0.1) is 0 Å². The SMILES string of the molecule is COC(=O)c1ccc(Cl)c(CNC(F)C(F)F)c1Cl. The van der Waals surface area contributed by atoms with Gasteiger partial charge in [0.05, 0.1) is 17.7 Å². The predicted molar refractivity (Wildman–Crippen MR) is 65.5 cm³/mol. The van der Waals surface area contributed by atoms with Crippen LogP contribution in [0.1, 0.15) is 15.9 Å². The molecule has 3 nitrogen and oxygen atoms in total. The summed E-state index contributed by atoms with van der Waals surface area (Å²) in [7, 11) is 1.17. The quantitative estimate of drug-likeness (QED) is 0.668. The standard InChI is InChI=1S/C11H10Cl2F3NO2/c1-19-11(18)5-2-3-7(12)6(8(5)13)4-17-10(16)9(14)15/h2-3,9-10,17H,4H2,1H3. The first-order valence-corrected chi connectivity index (χ1v) is 5.84. The van der Waals surface area contributed by atoms with E-state index >= 15 is 0 Å². The van der Waals surface area contributed by atoms with Gasteiger partial charge >= 0.3 is 5.97 Å². The van der Waals surface area contributed by atoms with E-state index in [0.717, 1.165) is 0 Å². The Balaban J connectivity index is 2.97. The molecule has 0 aliphatic heterocycles. The summed E-state index contributed by atoms with van der Waals surface area (Å²) in [5.74, 6) is -0.700. The van der Waals surface area contributed by atoms with Crippen molar-refractivity contribution in [3.63, 3.8) is 0 Å². The van der Waals surface area contributed by atoms with Gasteiger partial charge in [0.1, 0.15) is 0 Å². The van der Waals surface area contributed by atoms with E-state index in [4.69, 9.17) is 23.2 Å². The lowest BCUT2D eigenvalue weighted by Gasteiger charge is -2.13. The van der Waals surface area contributed by atoms with Gasteiger partial charge in [-0.25, -0.2) is 18.0 Å². The van der Waals surface area contributed by atoms with E-state index in [9.17, 15) is 18.0 Å². The van der Waals surface area contributed by atoms with Gasteiger partial charge in [0.15, 0.2) is 0 Å². The second-order valence-electron chi connectivity index (χ2n) is 3.50. The van der Waals surface area contributed by atoms with Crippen molar-refractivity contribution in [2.75, 3.05) is 7.11 Å². The van der Waals surface area contributed by atoms with Crippen molar-refractivity contribution >= 4 is 29.2 Å². The Morgan fingerprint density at radius 1 is 1.37 bits per heavy atom. The molecule has 0 fully saturated rings. The highest BCUT2D eigenvalue weighted by Gasteiger charge is 2.21.